The summed E-state index contributed by atoms with van der Waals surface area (Å²) >= 11 is 1.56. The Morgan fingerprint density at radius 2 is 2.12 bits per heavy atom. The first-order chi connectivity index (χ1) is 7.66. The van der Waals surface area contributed by atoms with Crippen molar-refractivity contribution in [2.24, 2.45) is 4.99 Å². The molecule has 1 saturated heterocycles. The smallest absolute Gasteiger partial charge is 0.288 e. The first kappa shape index (κ1) is 10.7. The number of amides is 2. The third-order valence-corrected chi connectivity index (χ3v) is 3.07. The largest absolute Gasteiger partial charge is 0.316 e. The van der Waals surface area contributed by atoms with Crippen LogP contribution >= 0.6 is 11.3 Å². The number of guanidine groups is 1. The van der Waals surface area contributed by atoms with Gasteiger partial charge in [0, 0.05) is 17.5 Å². The number of aliphatic imine (C=N–C) groups is 1. The Morgan fingerprint density at radius 3 is 2.69 bits per heavy atom. The van der Waals surface area contributed by atoms with Crippen molar-refractivity contribution in [3.63, 3.8) is 0 Å². The molecule has 2 amide bonds. The van der Waals surface area contributed by atoms with E-state index in [9.17, 15) is 9.59 Å². The van der Waals surface area contributed by atoms with Crippen molar-refractivity contribution in [2.45, 2.75) is 12.8 Å². The Morgan fingerprint density at radius 1 is 1.44 bits per heavy atom. The molecule has 0 aromatic carbocycles. The van der Waals surface area contributed by atoms with Crippen LogP contribution in [0.25, 0.3) is 0 Å². The zero-order valence-corrected chi connectivity index (χ0v) is 9.37. The predicted octanol–water partition coefficient (Wildman–Crippen LogP) is -0.151. The van der Waals surface area contributed by atoms with E-state index in [1.54, 1.807) is 17.5 Å². The van der Waals surface area contributed by atoms with Crippen LogP contribution in [0.15, 0.2) is 16.6 Å². The maximum Gasteiger partial charge on any atom is 0.316 e. The topological polar surface area (TPSA) is 83.5 Å². The van der Waals surface area contributed by atoms with Crippen molar-refractivity contribution in [1.82, 2.24) is 15.6 Å². The minimum absolute atomic E-state index is 0.168. The molecule has 1 aliphatic rings. The molecule has 0 radical (unpaired) electrons. The number of carbonyl (C=O) groups excluding carboxylic acids is 2. The zero-order valence-electron chi connectivity index (χ0n) is 8.56. The average Bonchev–Trinajstić information content (AvgIpc) is 2.86. The van der Waals surface area contributed by atoms with Crippen molar-refractivity contribution >= 4 is 29.1 Å². The Kier molecular flexibility index (Phi) is 2.95. The van der Waals surface area contributed by atoms with E-state index in [4.69, 9.17) is 0 Å². The fourth-order valence-corrected chi connectivity index (χ4v) is 1.91. The molecule has 0 bridgehead atoms. The molecule has 1 atom stereocenters. The molecule has 1 aromatic rings. The van der Waals surface area contributed by atoms with Gasteiger partial charge >= 0.3 is 11.8 Å². The molecule has 0 spiro atoms. The number of carbonyl (C=O) groups is 2. The van der Waals surface area contributed by atoms with Crippen LogP contribution in [-0.2, 0) is 9.59 Å². The Bertz CT molecular complexity index is 422. The van der Waals surface area contributed by atoms with E-state index in [2.05, 4.69) is 20.6 Å². The molecular formula is C9H10N4O2S. The van der Waals surface area contributed by atoms with Crippen LogP contribution in [-0.4, -0.2) is 29.3 Å². The number of aromatic nitrogens is 1. The summed E-state index contributed by atoms with van der Waals surface area (Å²) in [7, 11) is 0. The van der Waals surface area contributed by atoms with Crippen LogP contribution in [0.3, 0.4) is 0 Å². The highest BCUT2D eigenvalue weighted by Gasteiger charge is 2.25. The number of rotatable bonds is 3. The van der Waals surface area contributed by atoms with Crippen LogP contribution in [0, 0.1) is 0 Å². The summed E-state index contributed by atoms with van der Waals surface area (Å²) in [5, 5.41) is 7.56. The predicted molar refractivity (Wildman–Crippen MR) is 59.1 cm³/mol. The minimum Gasteiger partial charge on any atom is -0.288 e. The second-order valence-corrected chi connectivity index (χ2v) is 4.30. The lowest BCUT2D eigenvalue weighted by Gasteiger charge is -2.04. The van der Waals surface area contributed by atoms with Gasteiger partial charge in [-0.2, -0.15) is 0 Å². The lowest BCUT2D eigenvalue weighted by atomic mass is 10.2. The molecule has 2 heterocycles. The SMILES string of the molecule is CC(CN=C1NC(=O)C(=O)N1)c1nccs1. The van der Waals surface area contributed by atoms with Crippen LogP contribution < -0.4 is 10.6 Å². The summed E-state index contributed by atoms with van der Waals surface area (Å²) in [6, 6.07) is 0. The van der Waals surface area contributed by atoms with E-state index < -0.39 is 11.8 Å². The standard InChI is InChI=1S/C9H10N4O2S/c1-5(8-10-2-3-16-8)4-11-9-12-6(14)7(15)13-9/h2-3,5H,4H2,1H3,(H2,11,12,13,14,15). The first-order valence-corrected chi connectivity index (χ1v) is 5.61. The maximum atomic E-state index is 10.8. The summed E-state index contributed by atoms with van der Waals surface area (Å²) in [5.41, 5.74) is 0. The molecule has 0 aliphatic carbocycles. The lowest BCUT2D eigenvalue weighted by molar-refractivity contribution is -0.135. The highest BCUT2D eigenvalue weighted by Crippen LogP contribution is 2.17. The molecule has 1 aliphatic heterocycles. The van der Waals surface area contributed by atoms with E-state index in [0.29, 0.717) is 6.54 Å². The van der Waals surface area contributed by atoms with Gasteiger partial charge in [0.15, 0.2) is 0 Å². The van der Waals surface area contributed by atoms with Crippen LogP contribution in [0.4, 0.5) is 0 Å². The minimum atomic E-state index is -0.666. The molecule has 1 unspecified atom stereocenters. The summed E-state index contributed by atoms with van der Waals surface area (Å²) in [6.45, 7) is 2.46. The van der Waals surface area contributed by atoms with Crippen LogP contribution in [0.5, 0.6) is 0 Å². The highest BCUT2D eigenvalue weighted by atomic mass is 32.1. The van der Waals surface area contributed by atoms with Gasteiger partial charge in [0.2, 0.25) is 5.96 Å². The summed E-state index contributed by atoms with van der Waals surface area (Å²) in [4.78, 5) is 30.0. The van der Waals surface area contributed by atoms with Gasteiger partial charge in [0.1, 0.15) is 0 Å². The van der Waals surface area contributed by atoms with Gasteiger partial charge in [-0.05, 0) is 0 Å². The second-order valence-electron chi connectivity index (χ2n) is 3.37. The van der Waals surface area contributed by atoms with E-state index in [0.717, 1.165) is 5.01 Å². The first-order valence-electron chi connectivity index (χ1n) is 4.73. The van der Waals surface area contributed by atoms with Gasteiger partial charge in [-0.1, -0.05) is 6.92 Å². The van der Waals surface area contributed by atoms with Gasteiger partial charge < -0.3 is 0 Å². The van der Waals surface area contributed by atoms with Crippen molar-refractivity contribution in [3.05, 3.63) is 16.6 Å². The molecule has 2 N–H and O–H groups in total. The average molecular weight is 238 g/mol. The number of hydrogen-bond donors (Lipinski definition) is 2. The fourth-order valence-electron chi connectivity index (χ4n) is 1.22. The Labute approximate surface area is 95.8 Å². The summed E-state index contributed by atoms with van der Waals surface area (Å²) < 4.78 is 0. The van der Waals surface area contributed by atoms with Gasteiger partial charge in [-0.3, -0.25) is 25.2 Å². The fraction of sp³-hybridized carbons (Fsp3) is 0.333. The van der Waals surface area contributed by atoms with Crippen LogP contribution in [0.1, 0.15) is 17.8 Å². The van der Waals surface area contributed by atoms with Crippen molar-refractivity contribution in [2.75, 3.05) is 6.54 Å². The van der Waals surface area contributed by atoms with E-state index in [-0.39, 0.29) is 11.9 Å². The van der Waals surface area contributed by atoms with Crippen molar-refractivity contribution in [1.29, 1.82) is 0 Å². The Hall–Kier alpha value is -1.76. The molecule has 6 nitrogen and oxygen atoms in total. The van der Waals surface area contributed by atoms with Gasteiger partial charge in [0.25, 0.3) is 0 Å². The van der Waals surface area contributed by atoms with Gasteiger partial charge in [-0.15, -0.1) is 11.3 Å². The van der Waals surface area contributed by atoms with Gasteiger partial charge in [0.05, 0.1) is 11.6 Å². The molecule has 1 fully saturated rings. The molecule has 1 aromatic heterocycles. The molecule has 7 heteroatoms. The molecule has 0 saturated carbocycles. The monoisotopic (exact) mass is 238 g/mol. The number of hydrogen-bond acceptors (Lipinski definition) is 5. The zero-order chi connectivity index (χ0) is 11.5. The number of nitrogens with one attached hydrogen (secondary N) is 2. The summed E-state index contributed by atoms with van der Waals surface area (Å²) in [6.07, 6.45) is 1.74. The summed E-state index contributed by atoms with van der Waals surface area (Å²) in [5.74, 6) is -0.943. The van der Waals surface area contributed by atoms with Crippen LogP contribution in [0.2, 0.25) is 0 Å². The van der Waals surface area contributed by atoms with E-state index in [1.807, 2.05) is 12.3 Å². The third kappa shape index (κ3) is 2.25. The second kappa shape index (κ2) is 4.40. The lowest BCUT2D eigenvalue weighted by Crippen LogP contribution is -2.26. The molecule has 84 valence electrons. The molecular weight excluding hydrogens is 228 g/mol. The van der Waals surface area contributed by atoms with Crippen molar-refractivity contribution < 1.29 is 9.59 Å². The van der Waals surface area contributed by atoms with E-state index >= 15 is 0 Å². The molecule has 2 rings (SSSR count). The number of nitrogens with zero attached hydrogens (tertiary/aromatic N) is 2. The van der Waals surface area contributed by atoms with E-state index in [1.165, 1.54) is 0 Å². The number of thiazole rings is 1. The quantitative estimate of drug-likeness (QED) is 0.718. The van der Waals surface area contributed by atoms with Gasteiger partial charge in [-0.25, -0.2) is 4.98 Å². The highest BCUT2D eigenvalue weighted by molar-refractivity contribution is 7.09. The van der Waals surface area contributed by atoms with Crippen molar-refractivity contribution in [3.8, 4) is 0 Å². The normalized spacial score (nSPS) is 16.9. The molecule has 16 heavy (non-hydrogen) atoms. The Balaban J connectivity index is 1.95. The third-order valence-electron chi connectivity index (χ3n) is 2.07. The maximum absolute atomic E-state index is 10.8.